The third-order valence-electron chi connectivity index (χ3n) is 5.55. The lowest BCUT2D eigenvalue weighted by molar-refractivity contribution is -0.116. The van der Waals surface area contributed by atoms with Gasteiger partial charge in [-0.1, -0.05) is 37.3 Å². The van der Waals surface area contributed by atoms with E-state index in [1.807, 2.05) is 37.3 Å². The third-order valence-corrected chi connectivity index (χ3v) is 5.55. The molecule has 2 heterocycles. The molecule has 32 heavy (non-hydrogen) atoms. The molecule has 166 valence electrons. The van der Waals surface area contributed by atoms with E-state index >= 15 is 0 Å². The fourth-order valence-corrected chi connectivity index (χ4v) is 3.95. The molecule has 1 N–H and O–H groups in total. The molecule has 1 aliphatic heterocycles. The first-order valence-electron chi connectivity index (χ1n) is 10.6. The van der Waals surface area contributed by atoms with Crippen LogP contribution in [0.1, 0.15) is 29.6 Å². The summed E-state index contributed by atoms with van der Waals surface area (Å²) in [6.45, 7) is 3.55. The van der Waals surface area contributed by atoms with Crippen LogP contribution < -0.4 is 10.9 Å². The van der Waals surface area contributed by atoms with Crippen LogP contribution in [0.5, 0.6) is 0 Å². The van der Waals surface area contributed by atoms with Gasteiger partial charge in [-0.25, -0.2) is 13.8 Å². The maximum Gasteiger partial charge on any atom is 0.258 e. The molecular formula is C24H24F2N4O2. The third kappa shape index (κ3) is 4.75. The van der Waals surface area contributed by atoms with E-state index in [1.54, 1.807) is 0 Å². The van der Waals surface area contributed by atoms with Crippen molar-refractivity contribution in [2.75, 3.05) is 11.9 Å². The lowest BCUT2D eigenvalue weighted by Gasteiger charge is -2.28. The number of hydrogen-bond acceptors (Lipinski definition) is 4. The monoisotopic (exact) mass is 438 g/mol. The summed E-state index contributed by atoms with van der Waals surface area (Å²) in [5.41, 5.74) is 2.14. The van der Waals surface area contributed by atoms with Crippen molar-refractivity contribution in [2.24, 2.45) is 0 Å². The number of carbonyl (C=O) groups is 1. The molecule has 0 radical (unpaired) electrons. The highest BCUT2D eigenvalue weighted by atomic mass is 19.1. The smallest absolute Gasteiger partial charge is 0.258 e. The van der Waals surface area contributed by atoms with Gasteiger partial charge in [0.05, 0.1) is 16.9 Å². The van der Waals surface area contributed by atoms with Gasteiger partial charge >= 0.3 is 0 Å². The van der Waals surface area contributed by atoms with Crippen molar-refractivity contribution < 1.29 is 13.6 Å². The molecular weight excluding hydrogens is 414 g/mol. The SMILES string of the molecule is CCc1nc2c(c(=O)n1CC(=O)Nc1ccc(F)cc1F)CN(Cc1ccccc1)CC2. The minimum absolute atomic E-state index is 0.137. The summed E-state index contributed by atoms with van der Waals surface area (Å²) in [6.07, 6.45) is 1.15. The van der Waals surface area contributed by atoms with Gasteiger partial charge in [0.15, 0.2) is 0 Å². The van der Waals surface area contributed by atoms with E-state index in [0.717, 1.165) is 36.5 Å². The Labute approximate surface area is 184 Å². The zero-order chi connectivity index (χ0) is 22.7. The Balaban J connectivity index is 1.56. The molecule has 1 aliphatic rings. The Bertz CT molecular complexity index is 1190. The van der Waals surface area contributed by atoms with Crippen LogP contribution in [-0.4, -0.2) is 26.9 Å². The molecule has 0 atom stereocenters. The highest BCUT2D eigenvalue weighted by Crippen LogP contribution is 2.18. The number of amides is 1. The fraction of sp³-hybridized carbons (Fsp3) is 0.292. The minimum Gasteiger partial charge on any atom is -0.322 e. The molecule has 1 amide bonds. The molecule has 0 saturated carbocycles. The number of fused-ring (bicyclic) bond motifs is 1. The van der Waals surface area contributed by atoms with E-state index in [9.17, 15) is 18.4 Å². The first-order chi connectivity index (χ1) is 15.4. The van der Waals surface area contributed by atoms with Crippen LogP contribution in [0, 0.1) is 11.6 Å². The summed E-state index contributed by atoms with van der Waals surface area (Å²) in [6, 6.07) is 12.9. The number of anilines is 1. The molecule has 1 aromatic heterocycles. The predicted molar refractivity (Wildman–Crippen MR) is 117 cm³/mol. The largest absolute Gasteiger partial charge is 0.322 e. The average molecular weight is 438 g/mol. The Morgan fingerprint density at radius 2 is 1.94 bits per heavy atom. The molecule has 0 spiro atoms. The van der Waals surface area contributed by atoms with Crippen molar-refractivity contribution in [3.8, 4) is 0 Å². The lowest BCUT2D eigenvalue weighted by Crippen LogP contribution is -2.40. The van der Waals surface area contributed by atoms with E-state index in [-0.39, 0.29) is 17.8 Å². The normalized spacial score (nSPS) is 13.6. The van der Waals surface area contributed by atoms with Crippen LogP contribution in [0.15, 0.2) is 53.3 Å². The molecule has 4 rings (SSSR count). The molecule has 3 aromatic rings. The van der Waals surface area contributed by atoms with Crippen LogP contribution in [-0.2, 0) is 37.3 Å². The molecule has 0 unspecified atom stereocenters. The number of rotatable bonds is 6. The Hall–Kier alpha value is -3.39. The van der Waals surface area contributed by atoms with E-state index in [4.69, 9.17) is 0 Å². The van der Waals surface area contributed by atoms with Crippen LogP contribution in [0.4, 0.5) is 14.5 Å². The van der Waals surface area contributed by atoms with Gasteiger partial charge in [-0.15, -0.1) is 0 Å². The number of halogens is 2. The predicted octanol–water partition coefficient (Wildman–Crippen LogP) is 3.28. The number of aromatic nitrogens is 2. The number of carbonyl (C=O) groups excluding carboxylic acids is 1. The van der Waals surface area contributed by atoms with Crippen LogP contribution >= 0.6 is 0 Å². The maximum atomic E-state index is 13.9. The summed E-state index contributed by atoms with van der Waals surface area (Å²) in [7, 11) is 0. The maximum absolute atomic E-state index is 13.9. The fourth-order valence-electron chi connectivity index (χ4n) is 3.95. The van der Waals surface area contributed by atoms with Crippen molar-refractivity contribution in [3.05, 3.63) is 93.2 Å². The zero-order valence-corrected chi connectivity index (χ0v) is 17.8. The number of nitrogens with one attached hydrogen (secondary N) is 1. The average Bonchev–Trinajstić information content (AvgIpc) is 2.78. The van der Waals surface area contributed by atoms with Crippen LogP contribution in [0.3, 0.4) is 0 Å². The lowest BCUT2D eigenvalue weighted by atomic mass is 10.1. The van der Waals surface area contributed by atoms with E-state index < -0.39 is 17.5 Å². The van der Waals surface area contributed by atoms with E-state index in [0.29, 0.717) is 36.8 Å². The Morgan fingerprint density at radius 1 is 1.16 bits per heavy atom. The Morgan fingerprint density at radius 3 is 2.66 bits per heavy atom. The summed E-state index contributed by atoms with van der Waals surface area (Å²) in [4.78, 5) is 32.7. The van der Waals surface area contributed by atoms with Crippen molar-refractivity contribution in [2.45, 2.75) is 39.4 Å². The Kier molecular flexibility index (Phi) is 6.41. The first kappa shape index (κ1) is 21.8. The second kappa shape index (κ2) is 9.40. The van der Waals surface area contributed by atoms with Crippen LogP contribution in [0.2, 0.25) is 0 Å². The molecule has 2 aromatic carbocycles. The number of benzene rings is 2. The van der Waals surface area contributed by atoms with E-state index in [2.05, 4.69) is 15.2 Å². The molecule has 8 heteroatoms. The number of nitrogens with zero attached hydrogens (tertiary/aromatic N) is 3. The topological polar surface area (TPSA) is 67.2 Å². The summed E-state index contributed by atoms with van der Waals surface area (Å²) >= 11 is 0. The van der Waals surface area contributed by atoms with Gasteiger partial charge in [0, 0.05) is 38.5 Å². The molecule has 0 saturated heterocycles. The second-order valence-electron chi connectivity index (χ2n) is 7.82. The second-order valence-corrected chi connectivity index (χ2v) is 7.82. The number of aryl methyl sites for hydroxylation is 1. The van der Waals surface area contributed by atoms with Crippen molar-refractivity contribution in [3.63, 3.8) is 0 Å². The van der Waals surface area contributed by atoms with Gasteiger partial charge in [-0.2, -0.15) is 0 Å². The zero-order valence-electron chi connectivity index (χ0n) is 17.8. The molecule has 6 nitrogen and oxygen atoms in total. The van der Waals surface area contributed by atoms with Crippen molar-refractivity contribution in [1.29, 1.82) is 0 Å². The van der Waals surface area contributed by atoms with Crippen LogP contribution in [0.25, 0.3) is 0 Å². The van der Waals surface area contributed by atoms with Gasteiger partial charge in [0.25, 0.3) is 5.56 Å². The highest BCUT2D eigenvalue weighted by Gasteiger charge is 2.24. The van der Waals surface area contributed by atoms with Gasteiger partial charge < -0.3 is 5.32 Å². The van der Waals surface area contributed by atoms with E-state index in [1.165, 1.54) is 4.57 Å². The van der Waals surface area contributed by atoms with Crippen molar-refractivity contribution in [1.82, 2.24) is 14.5 Å². The highest BCUT2D eigenvalue weighted by molar-refractivity contribution is 5.90. The van der Waals surface area contributed by atoms with Gasteiger partial charge in [0.2, 0.25) is 5.91 Å². The molecule has 0 bridgehead atoms. The standard InChI is InChI=1S/C24H24F2N4O2/c1-2-22-27-20-10-11-29(13-16-6-4-3-5-7-16)14-18(20)24(32)30(22)15-23(31)28-21-9-8-17(25)12-19(21)26/h3-9,12H,2,10-11,13-15H2,1H3,(H,28,31). The first-order valence-corrected chi connectivity index (χ1v) is 10.6. The summed E-state index contributed by atoms with van der Waals surface area (Å²) in [5, 5.41) is 2.41. The minimum atomic E-state index is -0.874. The van der Waals surface area contributed by atoms with Crippen molar-refractivity contribution >= 4 is 11.6 Å². The quantitative estimate of drug-likeness (QED) is 0.642. The summed E-state index contributed by atoms with van der Waals surface area (Å²) in [5.74, 6) is -1.67. The number of hydrogen-bond donors (Lipinski definition) is 1. The molecule has 0 aliphatic carbocycles. The van der Waals surface area contributed by atoms with Gasteiger partial charge in [-0.05, 0) is 17.7 Å². The molecule has 0 fully saturated rings. The summed E-state index contributed by atoms with van der Waals surface area (Å²) < 4.78 is 28.3. The van der Waals surface area contributed by atoms with Gasteiger partial charge in [0.1, 0.15) is 24.0 Å². The van der Waals surface area contributed by atoms with Gasteiger partial charge in [-0.3, -0.25) is 19.1 Å².